The number of nitrogens with zero attached hydrogens (tertiary/aromatic N) is 1. The van der Waals surface area contributed by atoms with Gasteiger partial charge in [-0.2, -0.15) is 0 Å². The van der Waals surface area contributed by atoms with E-state index in [0.717, 1.165) is 18.5 Å². The highest BCUT2D eigenvalue weighted by molar-refractivity contribution is 5.73. The van der Waals surface area contributed by atoms with Gasteiger partial charge in [0.25, 0.3) is 0 Å². The first kappa shape index (κ1) is 19.3. The summed E-state index contributed by atoms with van der Waals surface area (Å²) in [5, 5.41) is 23.1. The second kappa shape index (κ2) is 8.93. The molecule has 0 bridgehead atoms. The number of fused-ring (bicyclic) bond motifs is 1. The van der Waals surface area contributed by atoms with E-state index in [-0.39, 0.29) is 5.82 Å². The van der Waals surface area contributed by atoms with Gasteiger partial charge in [0.2, 0.25) is 0 Å². The third kappa shape index (κ3) is 5.02. The van der Waals surface area contributed by atoms with Gasteiger partial charge < -0.3 is 15.5 Å². The number of aliphatic hydroxyl groups excluding tert-OH is 1. The number of carboxylic acid groups (broad SMARTS) is 1. The molecule has 1 aliphatic carbocycles. The molecule has 1 heterocycles. The van der Waals surface area contributed by atoms with Gasteiger partial charge in [-0.15, -0.1) is 0 Å². The molecule has 4 atom stereocenters. The van der Waals surface area contributed by atoms with Gasteiger partial charge >= 0.3 is 5.97 Å². The molecule has 5 nitrogen and oxygen atoms in total. The van der Waals surface area contributed by atoms with Gasteiger partial charge in [-0.25, -0.2) is 4.39 Å². The van der Waals surface area contributed by atoms with Crippen LogP contribution in [0, 0.1) is 17.7 Å². The molecule has 2 fully saturated rings. The van der Waals surface area contributed by atoms with Crippen LogP contribution in [-0.2, 0) is 11.3 Å². The van der Waals surface area contributed by atoms with Gasteiger partial charge in [0.05, 0.1) is 6.10 Å². The largest absolute Gasteiger partial charge is 0.480 e. The van der Waals surface area contributed by atoms with Crippen molar-refractivity contribution in [2.24, 2.45) is 11.8 Å². The molecule has 1 aromatic rings. The summed E-state index contributed by atoms with van der Waals surface area (Å²) >= 11 is 0. The van der Waals surface area contributed by atoms with Crippen molar-refractivity contribution in [2.75, 3.05) is 19.6 Å². The molecule has 0 spiro atoms. The Labute approximate surface area is 154 Å². The van der Waals surface area contributed by atoms with Crippen LogP contribution < -0.4 is 5.32 Å². The summed E-state index contributed by atoms with van der Waals surface area (Å²) in [4.78, 5) is 13.6. The lowest BCUT2D eigenvalue weighted by molar-refractivity contribution is -0.147. The lowest BCUT2D eigenvalue weighted by Gasteiger charge is -2.45. The van der Waals surface area contributed by atoms with Crippen molar-refractivity contribution in [3.05, 3.63) is 35.6 Å². The normalized spacial score (nSPS) is 27.7. The lowest BCUT2D eigenvalue weighted by Crippen LogP contribution is -2.54. The first-order chi connectivity index (χ1) is 12.5. The number of carbonyl (C=O) groups is 1. The number of aliphatic carboxylic acids is 1. The van der Waals surface area contributed by atoms with Gasteiger partial charge in [0.15, 0.2) is 0 Å². The third-order valence-electron chi connectivity index (χ3n) is 5.85. The minimum atomic E-state index is -0.777. The zero-order chi connectivity index (χ0) is 18.5. The number of rotatable bonds is 7. The summed E-state index contributed by atoms with van der Waals surface area (Å²) in [6.45, 7) is 2.08. The molecule has 1 aromatic carbocycles. The van der Waals surface area contributed by atoms with Gasteiger partial charge in [0.1, 0.15) is 11.9 Å². The standard InChI is InChI=1S/C20H29FN2O3/c21-17-7-5-14(6-8-17)10-22-11-18(24)13-23-12-16-4-2-1-3-15(16)9-19(23)20(25)26/h5-8,15-16,18-19,22,24H,1-4,9-13H2,(H,25,26)/t15-,16+,18+,19-/m0/s1. The van der Waals surface area contributed by atoms with Crippen LogP contribution in [0.25, 0.3) is 0 Å². The highest BCUT2D eigenvalue weighted by Gasteiger charge is 2.40. The molecule has 0 aromatic heterocycles. The van der Waals surface area contributed by atoms with Gasteiger partial charge in [0, 0.05) is 26.2 Å². The zero-order valence-corrected chi connectivity index (χ0v) is 15.1. The van der Waals surface area contributed by atoms with Gasteiger partial charge in [-0.3, -0.25) is 9.69 Å². The first-order valence-electron chi connectivity index (χ1n) is 9.63. The van der Waals surface area contributed by atoms with Crippen LogP contribution in [0.15, 0.2) is 24.3 Å². The molecule has 1 saturated carbocycles. The highest BCUT2D eigenvalue weighted by Crippen LogP contribution is 2.38. The van der Waals surface area contributed by atoms with E-state index in [1.165, 1.54) is 31.4 Å². The molecular weight excluding hydrogens is 335 g/mol. The van der Waals surface area contributed by atoms with Crippen molar-refractivity contribution in [1.82, 2.24) is 10.2 Å². The Morgan fingerprint density at radius 1 is 1.23 bits per heavy atom. The van der Waals surface area contributed by atoms with E-state index in [2.05, 4.69) is 5.32 Å². The van der Waals surface area contributed by atoms with Crippen LogP contribution in [0.2, 0.25) is 0 Å². The van der Waals surface area contributed by atoms with E-state index >= 15 is 0 Å². The number of nitrogens with one attached hydrogen (secondary N) is 1. The number of likely N-dealkylation sites (tertiary alicyclic amines) is 1. The summed E-state index contributed by atoms with van der Waals surface area (Å²) in [6, 6.07) is 5.77. The van der Waals surface area contributed by atoms with Crippen molar-refractivity contribution in [3.8, 4) is 0 Å². The minimum Gasteiger partial charge on any atom is -0.480 e. The molecule has 0 unspecified atom stereocenters. The Balaban J connectivity index is 1.48. The maximum absolute atomic E-state index is 12.9. The maximum Gasteiger partial charge on any atom is 0.320 e. The fraction of sp³-hybridized carbons (Fsp3) is 0.650. The number of hydrogen-bond acceptors (Lipinski definition) is 4. The van der Waals surface area contributed by atoms with Crippen LogP contribution in [0.4, 0.5) is 4.39 Å². The van der Waals surface area contributed by atoms with Crippen LogP contribution in [0.5, 0.6) is 0 Å². The van der Waals surface area contributed by atoms with Crippen LogP contribution >= 0.6 is 0 Å². The smallest absolute Gasteiger partial charge is 0.320 e. The second-order valence-corrected chi connectivity index (χ2v) is 7.76. The first-order valence-corrected chi connectivity index (χ1v) is 9.63. The van der Waals surface area contributed by atoms with E-state index in [1.807, 2.05) is 4.90 Å². The monoisotopic (exact) mass is 364 g/mol. The molecule has 1 saturated heterocycles. The summed E-state index contributed by atoms with van der Waals surface area (Å²) in [6.07, 6.45) is 4.84. The molecule has 0 amide bonds. The van der Waals surface area contributed by atoms with E-state index in [9.17, 15) is 19.4 Å². The number of hydrogen-bond donors (Lipinski definition) is 3. The maximum atomic E-state index is 12.9. The summed E-state index contributed by atoms with van der Waals surface area (Å²) in [5.74, 6) is 0.0497. The molecule has 144 valence electrons. The number of β-amino-alcohol motifs (C(OH)–C–C–N with tert-alkyl or cyclic N) is 1. The van der Waals surface area contributed by atoms with Crippen LogP contribution in [0.1, 0.15) is 37.7 Å². The Hall–Kier alpha value is -1.50. The number of carboxylic acids is 1. The summed E-state index contributed by atoms with van der Waals surface area (Å²) in [7, 11) is 0. The van der Waals surface area contributed by atoms with Crippen molar-refractivity contribution < 1.29 is 19.4 Å². The molecule has 2 aliphatic rings. The minimum absolute atomic E-state index is 0.264. The summed E-state index contributed by atoms with van der Waals surface area (Å²) < 4.78 is 12.9. The fourth-order valence-electron chi connectivity index (χ4n) is 4.48. The topological polar surface area (TPSA) is 72.8 Å². The molecular formula is C20H29FN2O3. The fourth-order valence-corrected chi connectivity index (χ4v) is 4.48. The molecule has 3 rings (SSSR count). The quantitative estimate of drug-likeness (QED) is 0.692. The Morgan fingerprint density at radius 2 is 1.92 bits per heavy atom. The van der Waals surface area contributed by atoms with Crippen molar-refractivity contribution in [1.29, 1.82) is 0 Å². The van der Waals surface area contributed by atoms with Crippen LogP contribution in [-0.4, -0.2) is 52.9 Å². The lowest BCUT2D eigenvalue weighted by atomic mass is 9.73. The predicted octanol–water partition coefficient (Wildman–Crippen LogP) is 2.24. The van der Waals surface area contributed by atoms with E-state index in [0.29, 0.717) is 37.9 Å². The van der Waals surface area contributed by atoms with Crippen LogP contribution in [0.3, 0.4) is 0 Å². The molecule has 0 radical (unpaired) electrons. The van der Waals surface area contributed by atoms with Gasteiger partial charge in [-0.05, 0) is 42.4 Å². The molecule has 3 N–H and O–H groups in total. The van der Waals surface area contributed by atoms with Gasteiger partial charge in [-0.1, -0.05) is 31.4 Å². The van der Waals surface area contributed by atoms with Crippen molar-refractivity contribution in [3.63, 3.8) is 0 Å². The van der Waals surface area contributed by atoms with Crippen molar-refractivity contribution >= 4 is 5.97 Å². The number of aliphatic hydroxyl groups is 1. The predicted molar refractivity (Wildman–Crippen MR) is 97.2 cm³/mol. The molecule has 6 heteroatoms. The van der Waals surface area contributed by atoms with E-state index in [1.54, 1.807) is 12.1 Å². The Bertz CT molecular complexity index is 595. The Kier molecular flexibility index (Phi) is 6.62. The van der Waals surface area contributed by atoms with E-state index in [4.69, 9.17) is 0 Å². The highest BCUT2D eigenvalue weighted by atomic mass is 19.1. The second-order valence-electron chi connectivity index (χ2n) is 7.76. The van der Waals surface area contributed by atoms with E-state index < -0.39 is 18.1 Å². The average molecular weight is 364 g/mol. The number of halogens is 1. The average Bonchev–Trinajstić information content (AvgIpc) is 2.62. The zero-order valence-electron chi connectivity index (χ0n) is 15.1. The SMILES string of the molecule is O=C(O)[C@@H]1C[C@@H]2CCCC[C@@H]2CN1C[C@H](O)CNCc1ccc(F)cc1. The number of benzene rings is 1. The third-order valence-corrected chi connectivity index (χ3v) is 5.85. The molecule has 26 heavy (non-hydrogen) atoms. The summed E-state index contributed by atoms with van der Waals surface area (Å²) in [5.41, 5.74) is 0.949. The number of piperidine rings is 1. The van der Waals surface area contributed by atoms with Crippen molar-refractivity contribution in [2.45, 2.75) is 50.8 Å². The Morgan fingerprint density at radius 3 is 2.62 bits per heavy atom. The molecule has 1 aliphatic heterocycles.